The average Bonchev–Trinajstić information content (AvgIpc) is 3.60. The number of likely N-dealkylation sites (tertiary alicyclic amines) is 1. The van der Waals surface area contributed by atoms with Gasteiger partial charge in [-0.2, -0.15) is 4.98 Å². The maximum Gasteiger partial charge on any atom is 0.293 e. The number of piperidine rings is 3. The standard InChI is InChI=1S/C46H52ClF2N9O7/c1-24(2)58-37-5-4-27(14-26(37)17-39(45(58)63)64-23-41(60)50-3)52-42-34(47)20-51-46(54-42)55-11-8-29(9-12-55)65-30-18-28(19-30)56-13-10-31(36(49)22-56)25-15-32-33(35(48)16-25)21-57(44(32)62)38-6-7-40(59)53-43(38)61/h4-5,14-17,20,24,28-31,36,38H,6-13,18-19,21-23H2,1-3H3,(H,50,60)(H,51,52,54)(H,53,59,61)/t28-,30-,31?,36?,38?. The number of ether oxygens (including phenoxy) is 2. The lowest BCUT2D eigenvalue weighted by atomic mass is 9.82. The van der Waals surface area contributed by atoms with Crippen molar-refractivity contribution >= 4 is 63.6 Å². The number of rotatable bonds is 12. The minimum Gasteiger partial charge on any atom is -0.478 e. The molecule has 0 spiro atoms. The monoisotopic (exact) mass is 915 g/mol. The maximum absolute atomic E-state index is 15.9. The number of alkyl halides is 1. The van der Waals surface area contributed by atoms with Crippen molar-refractivity contribution in [2.75, 3.05) is 50.1 Å². The number of carbonyl (C=O) groups is 4. The zero-order valence-electron chi connectivity index (χ0n) is 36.5. The molecule has 344 valence electrons. The second-order valence-corrected chi connectivity index (χ2v) is 18.3. The predicted molar refractivity (Wildman–Crippen MR) is 238 cm³/mol. The van der Waals surface area contributed by atoms with Crippen LogP contribution in [-0.2, 0) is 25.7 Å². The number of nitrogens with zero attached hydrogens (tertiary/aromatic N) is 6. The van der Waals surface area contributed by atoms with Crippen LogP contribution in [0.4, 0.5) is 26.2 Å². The van der Waals surface area contributed by atoms with Crippen LogP contribution in [0, 0.1) is 5.82 Å². The molecule has 0 bridgehead atoms. The summed E-state index contributed by atoms with van der Waals surface area (Å²) in [7, 11) is 1.50. The van der Waals surface area contributed by atoms with Gasteiger partial charge in [0.25, 0.3) is 17.4 Å². The first-order valence-corrected chi connectivity index (χ1v) is 22.7. The van der Waals surface area contributed by atoms with Gasteiger partial charge in [-0.15, -0.1) is 0 Å². The topological polar surface area (TPSA) is 180 Å². The second kappa shape index (κ2) is 18.3. The molecule has 65 heavy (non-hydrogen) atoms. The van der Waals surface area contributed by atoms with E-state index in [1.807, 2.05) is 32.0 Å². The highest BCUT2D eigenvalue weighted by molar-refractivity contribution is 6.33. The van der Waals surface area contributed by atoms with E-state index in [2.05, 4.69) is 30.7 Å². The highest BCUT2D eigenvalue weighted by Crippen LogP contribution is 2.40. The van der Waals surface area contributed by atoms with Crippen LogP contribution in [-0.4, -0.2) is 118 Å². The van der Waals surface area contributed by atoms with Gasteiger partial charge in [-0.05, 0) is 101 Å². The van der Waals surface area contributed by atoms with Gasteiger partial charge in [-0.3, -0.25) is 34.2 Å². The quantitative estimate of drug-likeness (QED) is 0.160. The summed E-state index contributed by atoms with van der Waals surface area (Å²) in [5.74, 6) is -1.88. The number of hydrogen-bond donors (Lipinski definition) is 3. The van der Waals surface area contributed by atoms with Crippen molar-refractivity contribution in [3.63, 3.8) is 0 Å². The summed E-state index contributed by atoms with van der Waals surface area (Å²) in [5, 5.41) is 9.12. The molecule has 19 heteroatoms. The van der Waals surface area contributed by atoms with Crippen LogP contribution in [0.15, 0.2) is 47.4 Å². The van der Waals surface area contributed by atoms with Crippen molar-refractivity contribution in [3.05, 3.63) is 80.5 Å². The maximum atomic E-state index is 15.9. The van der Waals surface area contributed by atoms with E-state index in [0.29, 0.717) is 59.6 Å². The molecule has 9 rings (SSSR count). The highest BCUT2D eigenvalue weighted by Gasteiger charge is 2.43. The van der Waals surface area contributed by atoms with E-state index < -0.39 is 41.7 Å². The number of amides is 4. The summed E-state index contributed by atoms with van der Waals surface area (Å²) in [6.07, 6.45) is 4.42. The molecule has 4 aliphatic heterocycles. The Labute approximate surface area is 379 Å². The minimum absolute atomic E-state index is 0.0627. The molecule has 3 atom stereocenters. The molecule has 3 saturated heterocycles. The fourth-order valence-electron chi connectivity index (χ4n) is 9.86. The van der Waals surface area contributed by atoms with Crippen LogP contribution >= 0.6 is 11.6 Å². The van der Waals surface area contributed by atoms with Gasteiger partial charge in [0.2, 0.25) is 17.8 Å². The molecule has 2 aromatic carbocycles. The first-order valence-electron chi connectivity index (χ1n) is 22.3. The van der Waals surface area contributed by atoms with Crippen LogP contribution in [0.25, 0.3) is 10.9 Å². The normalized spacial score (nSPS) is 24.0. The number of fused-ring (bicyclic) bond motifs is 2. The Kier molecular flexibility index (Phi) is 12.5. The summed E-state index contributed by atoms with van der Waals surface area (Å²) >= 11 is 6.58. The molecule has 1 saturated carbocycles. The van der Waals surface area contributed by atoms with E-state index in [0.717, 1.165) is 31.1 Å². The van der Waals surface area contributed by atoms with Crippen LogP contribution in [0.5, 0.6) is 5.75 Å². The number of benzene rings is 2. The zero-order valence-corrected chi connectivity index (χ0v) is 37.2. The van der Waals surface area contributed by atoms with Gasteiger partial charge in [0.1, 0.15) is 23.1 Å². The summed E-state index contributed by atoms with van der Waals surface area (Å²) in [5.41, 5.74) is 1.89. The molecule has 2 aromatic heterocycles. The molecule has 5 aliphatic rings. The van der Waals surface area contributed by atoms with Gasteiger partial charge >= 0.3 is 0 Å². The number of likely N-dealkylation sites (N-methyl/N-ethyl adjacent to an activating group) is 1. The largest absolute Gasteiger partial charge is 0.478 e. The Hall–Kier alpha value is -5.72. The van der Waals surface area contributed by atoms with Gasteiger partial charge in [0.15, 0.2) is 18.2 Å². The molecule has 4 fully saturated rings. The lowest BCUT2D eigenvalue weighted by molar-refractivity contribution is -0.137. The summed E-state index contributed by atoms with van der Waals surface area (Å²) in [6.45, 7) is 5.69. The number of anilines is 3. The van der Waals surface area contributed by atoms with Crippen molar-refractivity contribution in [2.45, 2.75) is 108 Å². The third kappa shape index (κ3) is 8.99. The van der Waals surface area contributed by atoms with E-state index in [-0.39, 0.29) is 85.2 Å². The van der Waals surface area contributed by atoms with Crippen molar-refractivity contribution in [1.29, 1.82) is 0 Å². The van der Waals surface area contributed by atoms with E-state index in [1.165, 1.54) is 18.0 Å². The van der Waals surface area contributed by atoms with Crippen molar-refractivity contribution in [1.82, 2.24) is 35.0 Å². The summed E-state index contributed by atoms with van der Waals surface area (Å²) in [6, 6.07) is 9.31. The van der Waals surface area contributed by atoms with Gasteiger partial charge < -0.3 is 34.5 Å². The van der Waals surface area contributed by atoms with E-state index >= 15 is 8.78 Å². The molecule has 6 heterocycles. The van der Waals surface area contributed by atoms with Crippen LogP contribution in [0.2, 0.25) is 5.02 Å². The molecule has 3 unspecified atom stereocenters. The molecule has 4 amide bonds. The van der Waals surface area contributed by atoms with Crippen molar-refractivity contribution < 1.29 is 37.4 Å². The first-order chi connectivity index (χ1) is 31.2. The summed E-state index contributed by atoms with van der Waals surface area (Å²) in [4.78, 5) is 77.4. The second-order valence-electron chi connectivity index (χ2n) is 17.9. The zero-order chi connectivity index (χ0) is 45.7. The van der Waals surface area contributed by atoms with Crippen LogP contribution < -0.4 is 31.1 Å². The number of halogens is 3. The highest BCUT2D eigenvalue weighted by atomic mass is 35.5. The number of aromatic nitrogens is 3. The number of carbonyl (C=O) groups excluding carboxylic acids is 4. The van der Waals surface area contributed by atoms with Crippen LogP contribution in [0.3, 0.4) is 0 Å². The molecular weight excluding hydrogens is 864 g/mol. The lowest BCUT2D eigenvalue weighted by Gasteiger charge is -2.47. The Morgan fingerprint density at radius 2 is 1.80 bits per heavy atom. The van der Waals surface area contributed by atoms with Gasteiger partial charge in [0, 0.05) is 73.3 Å². The van der Waals surface area contributed by atoms with E-state index in [1.54, 1.807) is 22.9 Å². The third-order valence-electron chi connectivity index (χ3n) is 13.5. The number of imide groups is 1. The third-order valence-corrected chi connectivity index (χ3v) is 13.7. The fourth-order valence-corrected chi connectivity index (χ4v) is 10.0. The molecule has 0 radical (unpaired) electrons. The fraction of sp³-hybridized carbons (Fsp3) is 0.500. The number of pyridine rings is 1. The van der Waals surface area contributed by atoms with Gasteiger partial charge in [0.05, 0.1) is 30.5 Å². The Morgan fingerprint density at radius 1 is 1.02 bits per heavy atom. The Morgan fingerprint density at radius 3 is 2.52 bits per heavy atom. The molecule has 16 nitrogen and oxygen atoms in total. The number of nitrogens with one attached hydrogen (secondary N) is 3. The van der Waals surface area contributed by atoms with Crippen molar-refractivity contribution in [3.8, 4) is 5.75 Å². The Bertz CT molecular complexity index is 2600. The molecule has 3 N–H and O–H groups in total. The lowest BCUT2D eigenvalue weighted by Crippen LogP contribution is -2.54. The van der Waals surface area contributed by atoms with Gasteiger partial charge in [-0.25, -0.2) is 13.8 Å². The first kappa shape index (κ1) is 44.5. The Balaban J connectivity index is 0.756. The summed E-state index contributed by atoms with van der Waals surface area (Å²) < 4.78 is 45.1. The van der Waals surface area contributed by atoms with Crippen molar-refractivity contribution in [2.24, 2.45) is 0 Å². The predicted octanol–water partition coefficient (Wildman–Crippen LogP) is 5.14. The minimum atomic E-state index is -1.24. The molecular formula is C46H52ClF2N9O7. The SMILES string of the molecule is CNC(=O)COc1cc2cc(Nc3nc(N4CCC(O[C@H]5C[C@H](N6CCC(c7cc(F)c8c(c7)C(=O)N(C7CCC(=O)NC7=O)C8)C(F)C6)C5)CC4)ncc3Cl)ccc2n(C(C)C)c1=O. The van der Waals surface area contributed by atoms with E-state index in [4.69, 9.17) is 26.1 Å². The average molecular weight is 916 g/mol. The van der Waals surface area contributed by atoms with E-state index in [9.17, 15) is 24.0 Å². The smallest absolute Gasteiger partial charge is 0.293 e. The molecule has 4 aromatic rings. The van der Waals surface area contributed by atoms with Gasteiger partial charge in [-0.1, -0.05) is 11.6 Å². The molecule has 1 aliphatic carbocycles. The van der Waals surface area contributed by atoms with Crippen LogP contribution in [0.1, 0.15) is 92.2 Å². The number of hydrogen-bond acceptors (Lipinski definition) is 12.